The van der Waals surface area contributed by atoms with Crippen molar-refractivity contribution in [2.45, 2.75) is 19.1 Å². The molecule has 1 saturated heterocycles. The monoisotopic (exact) mass is 279 g/mol. The number of benzene rings is 1. The van der Waals surface area contributed by atoms with E-state index in [2.05, 4.69) is 5.32 Å². The maximum Gasteiger partial charge on any atom is 0.161 e. The molecule has 1 heterocycles. The van der Waals surface area contributed by atoms with Crippen molar-refractivity contribution < 1.29 is 9.47 Å². The first-order chi connectivity index (χ1) is 9.15. The molecule has 1 aromatic carbocycles. The predicted octanol–water partition coefficient (Wildman–Crippen LogP) is 2.77. The molecule has 0 radical (unpaired) electrons. The minimum atomic E-state index is -0.164. The van der Waals surface area contributed by atoms with Gasteiger partial charge in [0.15, 0.2) is 16.7 Å². The molecule has 1 unspecified atom stereocenters. The number of hydrogen-bond acceptors (Lipinski definition) is 5. The molecular formula is C13H17N3O2S. The van der Waals surface area contributed by atoms with Gasteiger partial charge in [-0.1, -0.05) is 17.8 Å². The van der Waals surface area contributed by atoms with Crippen molar-refractivity contribution in [3.8, 4) is 11.5 Å². The maximum atomic E-state index is 7.84. The number of hydrogen-bond donors (Lipinski definition) is 3. The Bertz CT molecular complexity index is 505. The molecule has 0 bridgehead atoms. The van der Waals surface area contributed by atoms with Gasteiger partial charge < -0.3 is 14.8 Å². The maximum absolute atomic E-state index is 7.84. The first-order valence-corrected chi connectivity index (χ1v) is 7.03. The zero-order chi connectivity index (χ0) is 13.8. The quantitative estimate of drug-likeness (QED) is 0.774. The smallest absolute Gasteiger partial charge is 0.161 e. The molecule has 102 valence electrons. The van der Waals surface area contributed by atoms with Crippen molar-refractivity contribution in [3.05, 3.63) is 23.8 Å². The van der Waals surface area contributed by atoms with E-state index in [0.717, 1.165) is 5.56 Å². The van der Waals surface area contributed by atoms with E-state index in [4.69, 9.17) is 20.3 Å². The SMILES string of the molecule is CCOc1ccc(C2SC(=N)NC2=N)cc1OCC. The Morgan fingerprint density at radius 3 is 2.42 bits per heavy atom. The average molecular weight is 279 g/mol. The van der Waals surface area contributed by atoms with Gasteiger partial charge in [-0.2, -0.15) is 0 Å². The lowest BCUT2D eigenvalue weighted by molar-refractivity contribution is 0.287. The molecule has 1 fully saturated rings. The first-order valence-electron chi connectivity index (χ1n) is 6.16. The zero-order valence-corrected chi connectivity index (χ0v) is 11.8. The van der Waals surface area contributed by atoms with Crippen LogP contribution in [0, 0.1) is 10.8 Å². The van der Waals surface area contributed by atoms with E-state index < -0.39 is 0 Å². The topological polar surface area (TPSA) is 78.2 Å². The van der Waals surface area contributed by atoms with E-state index in [1.54, 1.807) is 0 Å². The second-order valence-electron chi connectivity index (χ2n) is 3.94. The standard InChI is InChI=1S/C13H17N3O2S/c1-3-17-9-6-5-8(7-10(9)18-4-2)11-12(14)16-13(15)19-11/h5-7,11H,3-4H2,1-2H3,(H3,14,15,16). The molecule has 0 aromatic heterocycles. The molecule has 1 aliphatic heterocycles. The molecule has 0 aliphatic carbocycles. The lowest BCUT2D eigenvalue weighted by Crippen LogP contribution is -2.20. The number of thioether (sulfide) groups is 1. The highest BCUT2D eigenvalue weighted by Gasteiger charge is 2.28. The molecule has 19 heavy (non-hydrogen) atoms. The minimum Gasteiger partial charge on any atom is -0.490 e. The van der Waals surface area contributed by atoms with Crippen LogP contribution >= 0.6 is 11.8 Å². The van der Waals surface area contributed by atoms with Crippen molar-refractivity contribution in [2.24, 2.45) is 0 Å². The molecule has 6 heteroatoms. The van der Waals surface area contributed by atoms with Gasteiger partial charge in [0.05, 0.1) is 18.5 Å². The van der Waals surface area contributed by atoms with Crippen LogP contribution in [0.15, 0.2) is 18.2 Å². The first kappa shape index (κ1) is 13.7. The second kappa shape index (κ2) is 5.97. The van der Waals surface area contributed by atoms with Gasteiger partial charge in [-0.25, -0.2) is 0 Å². The third-order valence-electron chi connectivity index (χ3n) is 2.62. The molecular weight excluding hydrogens is 262 g/mol. The van der Waals surface area contributed by atoms with E-state index in [9.17, 15) is 0 Å². The summed E-state index contributed by atoms with van der Waals surface area (Å²) in [4.78, 5) is 0. The van der Waals surface area contributed by atoms with E-state index in [1.807, 2.05) is 32.0 Å². The van der Waals surface area contributed by atoms with Gasteiger partial charge in [-0.3, -0.25) is 10.8 Å². The van der Waals surface area contributed by atoms with Crippen LogP contribution in [0.25, 0.3) is 0 Å². The highest BCUT2D eigenvalue weighted by atomic mass is 32.2. The van der Waals surface area contributed by atoms with E-state index in [0.29, 0.717) is 35.7 Å². The van der Waals surface area contributed by atoms with Crippen molar-refractivity contribution in [3.63, 3.8) is 0 Å². The lowest BCUT2D eigenvalue weighted by atomic mass is 10.1. The summed E-state index contributed by atoms with van der Waals surface area (Å²) >= 11 is 1.32. The Balaban J connectivity index is 2.29. The number of ether oxygens (including phenoxy) is 2. The van der Waals surface area contributed by atoms with Crippen LogP contribution in [0.3, 0.4) is 0 Å². The summed E-state index contributed by atoms with van der Waals surface area (Å²) in [6, 6.07) is 5.67. The molecule has 1 atom stereocenters. The minimum absolute atomic E-state index is 0.164. The number of rotatable bonds is 5. The third-order valence-corrected chi connectivity index (χ3v) is 3.70. The predicted molar refractivity (Wildman–Crippen MR) is 77.7 cm³/mol. The number of amidine groups is 2. The molecule has 5 nitrogen and oxygen atoms in total. The Labute approximate surface area is 116 Å². The van der Waals surface area contributed by atoms with Gasteiger partial charge in [0.2, 0.25) is 0 Å². The number of nitrogens with one attached hydrogen (secondary N) is 3. The molecule has 0 amide bonds. The third kappa shape index (κ3) is 3.01. The van der Waals surface area contributed by atoms with Crippen molar-refractivity contribution in [1.29, 1.82) is 10.8 Å². The van der Waals surface area contributed by atoms with Gasteiger partial charge in [0, 0.05) is 0 Å². The molecule has 1 aliphatic rings. The largest absolute Gasteiger partial charge is 0.490 e. The summed E-state index contributed by atoms with van der Waals surface area (Å²) < 4.78 is 11.1. The summed E-state index contributed by atoms with van der Waals surface area (Å²) in [6.45, 7) is 5.00. The summed E-state index contributed by atoms with van der Waals surface area (Å²) in [7, 11) is 0. The fourth-order valence-electron chi connectivity index (χ4n) is 1.86. The Kier molecular flexibility index (Phi) is 4.31. The fourth-order valence-corrected chi connectivity index (χ4v) is 2.72. The Morgan fingerprint density at radius 1 is 1.16 bits per heavy atom. The van der Waals surface area contributed by atoms with Gasteiger partial charge in [0.1, 0.15) is 5.84 Å². The van der Waals surface area contributed by atoms with Crippen LogP contribution in [0.1, 0.15) is 24.7 Å². The van der Waals surface area contributed by atoms with Crippen molar-refractivity contribution in [1.82, 2.24) is 5.32 Å². The molecule has 0 spiro atoms. The van der Waals surface area contributed by atoms with Crippen LogP contribution in [0.2, 0.25) is 0 Å². The molecule has 0 saturated carbocycles. The highest BCUT2D eigenvalue weighted by molar-refractivity contribution is 8.15. The average Bonchev–Trinajstić information content (AvgIpc) is 2.71. The molecule has 1 aromatic rings. The van der Waals surface area contributed by atoms with Gasteiger partial charge in [0.25, 0.3) is 0 Å². The van der Waals surface area contributed by atoms with E-state index in [1.165, 1.54) is 11.8 Å². The lowest BCUT2D eigenvalue weighted by Gasteiger charge is -2.14. The van der Waals surface area contributed by atoms with Crippen molar-refractivity contribution in [2.75, 3.05) is 13.2 Å². The summed E-state index contributed by atoms with van der Waals surface area (Å²) in [5.74, 6) is 1.74. The Hall–Kier alpha value is -1.69. The molecule has 3 N–H and O–H groups in total. The van der Waals surface area contributed by atoms with E-state index >= 15 is 0 Å². The summed E-state index contributed by atoms with van der Waals surface area (Å²) in [6.07, 6.45) is 0. The van der Waals surface area contributed by atoms with Gasteiger partial charge >= 0.3 is 0 Å². The second-order valence-corrected chi connectivity index (χ2v) is 5.05. The van der Waals surface area contributed by atoms with Gasteiger partial charge in [-0.15, -0.1) is 0 Å². The van der Waals surface area contributed by atoms with Crippen molar-refractivity contribution >= 4 is 22.8 Å². The normalized spacial score (nSPS) is 18.3. The Morgan fingerprint density at radius 2 is 1.84 bits per heavy atom. The summed E-state index contributed by atoms with van der Waals surface area (Å²) in [5, 5.41) is 18.2. The summed E-state index contributed by atoms with van der Waals surface area (Å²) in [5.41, 5.74) is 0.941. The zero-order valence-electron chi connectivity index (χ0n) is 10.9. The van der Waals surface area contributed by atoms with Crippen LogP contribution in [-0.4, -0.2) is 24.2 Å². The van der Waals surface area contributed by atoms with Crippen LogP contribution in [-0.2, 0) is 0 Å². The van der Waals surface area contributed by atoms with Crippen LogP contribution in [0.4, 0.5) is 0 Å². The highest BCUT2D eigenvalue weighted by Crippen LogP contribution is 2.38. The fraction of sp³-hybridized carbons (Fsp3) is 0.385. The van der Waals surface area contributed by atoms with Crippen LogP contribution in [0.5, 0.6) is 11.5 Å². The molecule has 2 rings (SSSR count). The van der Waals surface area contributed by atoms with Crippen LogP contribution < -0.4 is 14.8 Å². The van der Waals surface area contributed by atoms with E-state index in [-0.39, 0.29) is 5.25 Å². The van der Waals surface area contributed by atoms with Gasteiger partial charge in [-0.05, 0) is 31.5 Å².